The summed E-state index contributed by atoms with van der Waals surface area (Å²) in [5, 5.41) is 7.51. The van der Waals surface area contributed by atoms with Crippen molar-refractivity contribution in [2.45, 2.75) is 25.4 Å². The number of carbonyl (C=O) groups is 1. The van der Waals surface area contributed by atoms with Crippen LogP contribution in [-0.2, 0) is 0 Å². The molecular formula is C11H16N4O2. The third-order valence-corrected chi connectivity index (χ3v) is 3.06. The standard InChI is InChI=1S/C11H16N4O2/c12-6-7-2-1-3-9(7)17-10-5-4-8(11(13)16)14-15-10/h4-5,7,9H,1-3,6,12H2,(H2,13,16). The lowest BCUT2D eigenvalue weighted by Gasteiger charge is -2.18. The Morgan fingerprint density at radius 2 is 2.24 bits per heavy atom. The van der Waals surface area contributed by atoms with E-state index in [9.17, 15) is 4.79 Å². The van der Waals surface area contributed by atoms with Gasteiger partial charge in [0.05, 0.1) is 0 Å². The summed E-state index contributed by atoms with van der Waals surface area (Å²) in [5.41, 5.74) is 10.9. The number of amides is 1. The Labute approximate surface area is 99.3 Å². The zero-order valence-corrected chi connectivity index (χ0v) is 9.50. The highest BCUT2D eigenvalue weighted by Crippen LogP contribution is 2.28. The first-order valence-corrected chi connectivity index (χ1v) is 5.71. The first-order chi connectivity index (χ1) is 8.20. The quantitative estimate of drug-likeness (QED) is 0.770. The summed E-state index contributed by atoms with van der Waals surface area (Å²) in [5.74, 6) is 0.206. The lowest BCUT2D eigenvalue weighted by molar-refractivity contribution is 0.0993. The minimum absolute atomic E-state index is 0.105. The summed E-state index contributed by atoms with van der Waals surface area (Å²) in [6.07, 6.45) is 3.31. The van der Waals surface area contributed by atoms with Gasteiger partial charge in [0.2, 0.25) is 5.88 Å². The van der Waals surface area contributed by atoms with Crippen molar-refractivity contribution < 1.29 is 9.53 Å². The molecule has 0 aromatic carbocycles. The van der Waals surface area contributed by atoms with Gasteiger partial charge >= 0.3 is 0 Å². The van der Waals surface area contributed by atoms with Crippen LogP contribution in [0.3, 0.4) is 0 Å². The van der Waals surface area contributed by atoms with E-state index in [0.717, 1.165) is 19.3 Å². The molecule has 0 spiro atoms. The third-order valence-electron chi connectivity index (χ3n) is 3.06. The SMILES string of the molecule is NCC1CCCC1Oc1ccc(C(N)=O)nn1. The average molecular weight is 236 g/mol. The van der Waals surface area contributed by atoms with Gasteiger partial charge in [0.25, 0.3) is 5.91 Å². The van der Waals surface area contributed by atoms with Crippen LogP contribution in [0.4, 0.5) is 0 Å². The molecule has 1 saturated carbocycles. The second kappa shape index (κ2) is 5.09. The van der Waals surface area contributed by atoms with Gasteiger partial charge in [0.15, 0.2) is 5.69 Å². The topological polar surface area (TPSA) is 104 Å². The van der Waals surface area contributed by atoms with Crippen molar-refractivity contribution in [3.8, 4) is 5.88 Å². The Morgan fingerprint density at radius 1 is 1.41 bits per heavy atom. The summed E-state index contributed by atoms with van der Waals surface area (Å²) < 4.78 is 5.71. The second-order valence-corrected chi connectivity index (χ2v) is 4.20. The van der Waals surface area contributed by atoms with Crippen molar-refractivity contribution in [1.29, 1.82) is 0 Å². The summed E-state index contributed by atoms with van der Waals surface area (Å²) in [6, 6.07) is 3.12. The highest BCUT2D eigenvalue weighted by atomic mass is 16.5. The van der Waals surface area contributed by atoms with E-state index in [1.54, 1.807) is 6.07 Å². The Morgan fingerprint density at radius 3 is 2.82 bits per heavy atom. The summed E-state index contributed by atoms with van der Waals surface area (Å²) in [4.78, 5) is 10.8. The van der Waals surface area contributed by atoms with Crippen molar-refractivity contribution >= 4 is 5.91 Å². The molecule has 0 bridgehead atoms. The van der Waals surface area contributed by atoms with E-state index in [2.05, 4.69) is 10.2 Å². The maximum absolute atomic E-state index is 10.8. The molecule has 1 aliphatic carbocycles. The van der Waals surface area contributed by atoms with E-state index in [1.807, 2.05) is 0 Å². The molecule has 6 nitrogen and oxygen atoms in total. The van der Waals surface area contributed by atoms with Crippen molar-refractivity contribution in [1.82, 2.24) is 10.2 Å². The van der Waals surface area contributed by atoms with Crippen LogP contribution in [0.15, 0.2) is 12.1 Å². The van der Waals surface area contributed by atoms with Crippen molar-refractivity contribution in [2.75, 3.05) is 6.54 Å². The molecule has 1 aromatic heterocycles. The number of primary amides is 1. The van der Waals surface area contributed by atoms with Gasteiger partial charge in [-0.15, -0.1) is 10.2 Å². The number of carbonyl (C=O) groups excluding carboxylic acids is 1. The number of hydrogen-bond acceptors (Lipinski definition) is 5. The summed E-state index contributed by atoms with van der Waals surface area (Å²) in [6.45, 7) is 0.622. The average Bonchev–Trinajstić information content (AvgIpc) is 2.77. The first-order valence-electron chi connectivity index (χ1n) is 5.71. The molecule has 2 rings (SSSR count). The Kier molecular flexibility index (Phi) is 3.53. The summed E-state index contributed by atoms with van der Waals surface area (Å²) >= 11 is 0. The minimum atomic E-state index is -0.593. The number of nitrogens with two attached hydrogens (primary N) is 2. The van der Waals surface area contributed by atoms with E-state index >= 15 is 0 Å². The first kappa shape index (κ1) is 11.8. The molecule has 1 aliphatic rings. The largest absolute Gasteiger partial charge is 0.473 e. The molecule has 1 aromatic rings. The van der Waals surface area contributed by atoms with Gasteiger partial charge in [0, 0.05) is 12.0 Å². The number of hydrogen-bond donors (Lipinski definition) is 2. The van der Waals surface area contributed by atoms with Gasteiger partial charge in [-0.3, -0.25) is 4.79 Å². The molecule has 1 heterocycles. The fourth-order valence-electron chi connectivity index (χ4n) is 2.10. The molecule has 6 heteroatoms. The number of ether oxygens (including phenoxy) is 1. The van der Waals surface area contributed by atoms with Crippen LogP contribution in [0.25, 0.3) is 0 Å². The van der Waals surface area contributed by atoms with Gasteiger partial charge < -0.3 is 16.2 Å². The van der Waals surface area contributed by atoms with Crippen LogP contribution in [0, 0.1) is 5.92 Å². The van der Waals surface area contributed by atoms with E-state index in [1.165, 1.54) is 6.07 Å². The Hall–Kier alpha value is -1.69. The van der Waals surface area contributed by atoms with Gasteiger partial charge in [-0.1, -0.05) is 0 Å². The fourth-order valence-corrected chi connectivity index (χ4v) is 2.10. The van der Waals surface area contributed by atoms with E-state index in [-0.39, 0.29) is 11.8 Å². The number of nitrogens with zero attached hydrogens (tertiary/aromatic N) is 2. The predicted octanol–water partition coefficient (Wildman–Crippen LogP) is 0.0817. The van der Waals surface area contributed by atoms with Crippen molar-refractivity contribution in [3.05, 3.63) is 17.8 Å². The molecule has 4 N–H and O–H groups in total. The van der Waals surface area contributed by atoms with E-state index in [4.69, 9.17) is 16.2 Å². The molecular weight excluding hydrogens is 220 g/mol. The number of aromatic nitrogens is 2. The molecule has 2 unspecified atom stereocenters. The van der Waals surface area contributed by atoms with E-state index < -0.39 is 5.91 Å². The Bertz CT molecular complexity index is 393. The van der Waals surface area contributed by atoms with Crippen LogP contribution in [0.2, 0.25) is 0 Å². The van der Waals surface area contributed by atoms with Gasteiger partial charge in [0.1, 0.15) is 6.10 Å². The highest BCUT2D eigenvalue weighted by Gasteiger charge is 2.28. The second-order valence-electron chi connectivity index (χ2n) is 4.20. The molecule has 0 radical (unpaired) electrons. The Balaban J connectivity index is 2.01. The lowest BCUT2D eigenvalue weighted by Crippen LogP contribution is -2.28. The predicted molar refractivity (Wildman–Crippen MR) is 61.4 cm³/mol. The zero-order valence-electron chi connectivity index (χ0n) is 9.50. The molecule has 0 saturated heterocycles. The third kappa shape index (κ3) is 2.71. The smallest absolute Gasteiger partial charge is 0.269 e. The van der Waals surface area contributed by atoms with Crippen LogP contribution in [0.1, 0.15) is 29.8 Å². The van der Waals surface area contributed by atoms with Crippen LogP contribution in [-0.4, -0.2) is 28.8 Å². The summed E-state index contributed by atoms with van der Waals surface area (Å²) in [7, 11) is 0. The van der Waals surface area contributed by atoms with Crippen molar-refractivity contribution in [3.63, 3.8) is 0 Å². The molecule has 2 atom stereocenters. The fraction of sp³-hybridized carbons (Fsp3) is 0.545. The lowest BCUT2D eigenvalue weighted by atomic mass is 10.1. The molecule has 1 fully saturated rings. The van der Waals surface area contributed by atoms with Gasteiger partial charge in [-0.05, 0) is 31.9 Å². The normalized spacial score (nSPS) is 23.6. The minimum Gasteiger partial charge on any atom is -0.473 e. The zero-order chi connectivity index (χ0) is 12.3. The molecule has 17 heavy (non-hydrogen) atoms. The van der Waals surface area contributed by atoms with E-state index in [0.29, 0.717) is 18.3 Å². The molecule has 0 aliphatic heterocycles. The monoisotopic (exact) mass is 236 g/mol. The van der Waals surface area contributed by atoms with Crippen LogP contribution >= 0.6 is 0 Å². The maximum Gasteiger partial charge on any atom is 0.269 e. The molecule has 92 valence electrons. The van der Waals surface area contributed by atoms with Crippen LogP contribution in [0.5, 0.6) is 5.88 Å². The highest BCUT2D eigenvalue weighted by molar-refractivity contribution is 5.90. The van der Waals surface area contributed by atoms with Crippen molar-refractivity contribution in [2.24, 2.45) is 17.4 Å². The van der Waals surface area contributed by atoms with Gasteiger partial charge in [-0.2, -0.15) is 0 Å². The van der Waals surface area contributed by atoms with Gasteiger partial charge in [-0.25, -0.2) is 0 Å². The maximum atomic E-state index is 10.8. The van der Waals surface area contributed by atoms with Crippen LogP contribution < -0.4 is 16.2 Å². The number of rotatable bonds is 4. The molecule has 1 amide bonds.